The Balaban J connectivity index is 1.90. The third kappa shape index (κ3) is 5.85. The minimum atomic E-state index is -0.271. The van der Waals surface area contributed by atoms with Gasteiger partial charge in [-0.25, -0.2) is 0 Å². The number of carbonyl (C=O) groups excluding carboxylic acids is 2. The maximum absolute atomic E-state index is 12.0. The fourth-order valence-corrected chi connectivity index (χ4v) is 3.05. The number of hydrogen-bond donors (Lipinski definition) is 1. The Morgan fingerprint density at radius 3 is 2.44 bits per heavy atom. The van der Waals surface area contributed by atoms with Crippen molar-refractivity contribution in [3.63, 3.8) is 0 Å². The van der Waals surface area contributed by atoms with Crippen molar-refractivity contribution in [1.29, 1.82) is 0 Å². The standard InChI is InChI=1S/C20H30N2O3/c1-4-15(2)13-19(20(24)25-3)21-14-16-5-7-17(8-6-16)22-11-9-18(23)10-12-22/h5-8,15,19,21H,4,9-14H2,1-3H3. The van der Waals surface area contributed by atoms with Crippen LogP contribution in [0, 0.1) is 5.92 Å². The van der Waals surface area contributed by atoms with E-state index in [0.717, 1.165) is 37.2 Å². The first-order valence-electron chi connectivity index (χ1n) is 9.20. The van der Waals surface area contributed by atoms with Crippen LogP contribution in [0.5, 0.6) is 0 Å². The number of methoxy groups -OCH3 is 1. The lowest BCUT2D eigenvalue weighted by Crippen LogP contribution is -2.38. The second kappa shape index (κ2) is 9.56. The Labute approximate surface area is 150 Å². The van der Waals surface area contributed by atoms with Crippen LogP contribution in [0.25, 0.3) is 0 Å². The number of rotatable bonds is 8. The lowest BCUT2D eigenvalue weighted by molar-refractivity contribution is -0.143. The molecular formula is C20H30N2O3. The number of ether oxygens (including phenoxy) is 1. The molecular weight excluding hydrogens is 316 g/mol. The summed E-state index contributed by atoms with van der Waals surface area (Å²) in [5, 5.41) is 3.32. The van der Waals surface area contributed by atoms with Crippen LogP contribution in [0.1, 0.15) is 45.1 Å². The smallest absolute Gasteiger partial charge is 0.322 e. The molecule has 25 heavy (non-hydrogen) atoms. The molecule has 1 aromatic rings. The predicted octanol–water partition coefficient (Wildman–Crippen LogP) is 2.92. The summed E-state index contributed by atoms with van der Waals surface area (Å²) in [6.45, 7) is 6.52. The van der Waals surface area contributed by atoms with Gasteiger partial charge in [-0.2, -0.15) is 0 Å². The van der Waals surface area contributed by atoms with E-state index in [0.29, 0.717) is 31.1 Å². The fraction of sp³-hybridized carbons (Fsp3) is 0.600. The van der Waals surface area contributed by atoms with E-state index in [1.165, 1.54) is 7.11 Å². The molecule has 2 atom stereocenters. The summed E-state index contributed by atoms with van der Waals surface area (Å²) in [4.78, 5) is 25.5. The van der Waals surface area contributed by atoms with Crippen LogP contribution in [0.4, 0.5) is 5.69 Å². The van der Waals surface area contributed by atoms with Gasteiger partial charge in [0.2, 0.25) is 0 Å². The van der Waals surface area contributed by atoms with E-state index >= 15 is 0 Å². The maximum Gasteiger partial charge on any atom is 0.322 e. The topological polar surface area (TPSA) is 58.6 Å². The zero-order valence-corrected chi connectivity index (χ0v) is 15.6. The van der Waals surface area contributed by atoms with Gasteiger partial charge in [-0.05, 0) is 30.0 Å². The lowest BCUT2D eigenvalue weighted by atomic mass is 9.99. The second-order valence-electron chi connectivity index (χ2n) is 6.90. The predicted molar refractivity (Wildman–Crippen MR) is 99.6 cm³/mol. The number of nitrogens with zero attached hydrogens (tertiary/aromatic N) is 1. The van der Waals surface area contributed by atoms with E-state index in [4.69, 9.17) is 4.74 Å². The first-order valence-corrected chi connectivity index (χ1v) is 9.20. The molecule has 1 fully saturated rings. The molecule has 1 aliphatic heterocycles. The van der Waals surface area contributed by atoms with Gasteiger partial charge >= 0.3 is 5.97 Å². The Morgan fingerprint density at radius 2 is 1.88 bits per heavy atom. The molecule has 1 heterocycles. The van der Waals surface area contributed by atoms with E-state index in [2.05, 4.69) is 48.3 Å². The average Bonchev–Trinajstić information content (AvgIpc) is 2.65. The van der Waals surface area contributed by atoms with Crippen molar-refractivity contribution >= 4 is 17.4 Å². The first-order chi connectivity index (χ1) is 12.0. The van der Waals surface area contributed by atoms with Crippen LogP contribution in [-0.2, 0) is 20.9 Å². The number of Topliss-reactive ketones (excluding diaryl/α,β-unsaturated/α-hetero) is 1. The average molecular weight is 346 g/mol. The summed E-state index contributed by atoms with van der Waals surface area (Å²) in [6, 6.07) is 8.07. The van der Waals surface area contributed by atoms with Crippen molar-refractivity contribution in [2.45, 2.75) is 52.1 Å². The zero-order chi connectivity index (χ0) is 18.2. The van der Waals surface area contributed by atoms with Crippen molar-refractivity contribution < 1.29 is 14.3 Å². The van der Waals surface area contributed by atoms with Crippen LogP contribution >= 0.6 is 0 Å². The van der Waals surface area contributed by atoms with Crippen LogP contribution in [0.3, 0.4) is 0 Å². The van der Waals surface area contributed by atoms with Crippen molar-refractivity contribution in [2.75, 3.05) is 25.1 Å². The van der Waals surface area contributed by atoms with Gasteiger partial charge in [0.25, 0.3) is 0 Å². The molecule has 1 aromatic carbocycles. The highest BCUT2D eigenvalue weighted by atomic mass is 16.5. The number of esters is 1. The summed E-state index contributed by atoms with van der Waals surface area (Å²) in [5.74, 6) is 0.628. The van der Waals surface area contributed by atoms with Gasteiger partial charge in [0.15, 0.2) is 0 Å². The van der Waals surface area contributed by atoms with Gasteiger partial charge < -0.3 is 15.0 Å². The van der Waals surface area contributed by atoms with Crippen LogP contribution in [0.2, 0.25) is 0 Å². The molecule has 0 saturated carbocycles. The summed E-state index contributed by atoms with van der Waals surface area (Å²) < 4.78 is 4.92. The van der Waals surface area contributed by atoms with Crippen molar-refractivity contribution in [1.82, 2.24) is 5.32 Å². The number of benzene rings is 1. The van der Waals surface area contributed by atoms with E-state index in [1.807, 2.05) is 0 Å². The molecule has 0 aliphatic carbocycles. The number of hydrogen-bond acceptors (Lipinski definition) is 5. The minimum Gasteiger partial charge on any atom is -0.468 e. The molecule has 1 aliphatic rings. The molecule has 0 amide bonds. The third-order valence-electron chi connectivity index (χ3n) is 5.00. The fourth-order valence-electron chi connectivity index (χ4n) is 3.05. The molecule has 1 N–H and O–H groups in total. The summed E-state index contributed by atoms with van der Waals surface area (Å²) >= 11 is 0. The van der Waals surface area contributed by atoms with Crippen LogP contribution in [-0.4, -0.2) is 38.0 Å². The number of carbonyl (C=O) groups is 2. The number of ketones is 1. The molecule has 0 radical (unpaired) electrons. The largest absolute Gasteiger partial charge is 0.468 e. The highest BCUT2D eigenvalue weighted by molar-refractivity contribution is 5.81. The Hall–Kier alpha value is -1.88. The monoisotopic (exact) mass is 346 g/mol. The lowest BCUT2D eigenvalue weighted by Gasteiger charge is -2.28. The van der Waals surface area contributed by atoms with E-state index in [9.17, 15) is 9.59 Å². The molecule has 138 valence electrons. The molecule has 0 spiro atoms. The molecule has 1 saturated heterocycles. The highest BCUT2D eigenvalue weighted by Gasteiger charge is 2.21. The normalized spacial score (nSPS) is 17.2. The molecule has 0 aromatic heterocycles. The Bertz CT molecular complexity index is 561. The Kier molecular flexibility index (Phi) is 7.44. The van der Waals surface area contributed by atoms with E-state index in [1.54, 1.807) is 0 Å². The van der Waals surface area contributed by atoms with Crippen molar-refractivity contribution in [3.05, 3.63) is 29.8 Å². The molecule has 5 nitrogen and oxygen atoms in total. The van der Waals surface area contributed by atoms with Crippen molar-refractivity contribution in [2.24, 2.45) is 5.92 Å². The summed E-state index contributed by atoms with van der Waals surface area (Å²) in [5.41, 5.74) is 2.29. The number of piperidine rings is 1. The third-order valence-corrected chi connectivity index (χ3v) is 5.00. The maximum atomic E-state index is 12.0. The zero-order valence-electron chi connectivity index (χ0n) is 15.6. The van der Waals surface area contributed by atoms with E-state index in [-0.39, 0.29) is 12.0 Å². The molecule has 0 bridgehead atoms. The highest BCUT2D eigenvalue weighted by Crippen LogP contribution is 2.19. The van der Waals surface area contributed by atoms with Gasteiger partial charge in [0.1, 0.15) is 11.8 Å². The van der Waals surface area contributed by atoms with Gasteiger partial charge in [-0.3, -0.25) is 9.59 Å². The molecule has 2 unspecified atom stereocenters. The number of nitrogens with one attached hydrogen (secondary N) is 1. The van der Waals surface area contributed by atoms with Crippen LogP contribution in [0.15, 0.2) is 24.3 Å². The van der Waals surface area contributed by atoms with Gasteiger partial charge in [0, 0.05) is 38.2 Å². The van der Waals surface area contributed by atoms with Gasteiger partial charge in [0.05, 0.1) is 7.11 Å². The van der Waals surface area contributed by atoms with Gasteiger partial charge in [-0.1, -0.05) is 32.4 Å². The SMILES string of the molecule is CCC(C)CC(NCc1ccc(N2CCC(=O)CC2)cc1)C(=O)OC. The summed E-state index contributed by atoms with van der Waals surface area (Å²) in [6.07, 6.45) is 3.10. The molecule has 2 rings (SSSR count). The van der Waals surface area contributed by atoms with Gasteiger partial charge in [-0.15, -0.1) is 0 Å². The van der Waals surface area contributed by atoms with E-state index < -0.39 is 0 Å². The second-order valence-corrected chi connectivity index (χ2v) is 6.90. The molecule has 5 heteroatoms. The first kappa shape index (κ1) is 19.4. The van der Waals surface area contributed by atoms with Crippen LogP contribution < -0.4 is 10.2 Å². The Morgan fingerprint density at radius 1 is 1.24 bits per heavy atom. The van der Waals surface area contributed by atoms with Crippen molar-refractivity contribution in [3.8, 4) is 0 Å². The number of anilines is 1. The minimum absolute atomic E-state index is 0.199. The summed E-state index contributed by atoms with van der Waals surface area (Å²) in [7, 11) is 1.44. The quantitative estimate of drug-likeness (QED) is 0.734.